The van der Waals surface area contributed by atoms with Gasteiger partial charge in [0.25, 0.3) is 0 Å². The Morgan fingerprint density at radius 1 is 0.710 bits per heavy atom. The number of rotatable bonds is 9. The Kier molecular flexibility index (Phi) is 6.28. The number of hydrogen-bond donors (Lipinski definition) is 1. The summed E-state index contributed by atoms with van der Waals surface area (Å²) in [6.07, 6.45) is 0. The van der Waals surface area contributed by atoms with Crippen molar-refractivity contribution in [3.8, 4) is 17.2 Å². The van der Waals surface area contributed by atoms with Crippen LogP contribution in [0.4, 0.5) is 0 Å². The highest BCUT2D eigenvalue weighted by Gasteiger charge is 2.03. The predicted molar refractivity (Wildman–Crippen MR) is 116 cm³/mol. The van der Waals surface area contributed by atoms with Crippen LogP contribution >= 0.6 is 0 Å². The van der Waals surface area contributed by atoms with Crippen molar-refractivity contribution in [3.63, 3.8) is 0 Å². The van der Waals surface area contributed by atoms with Gasteiger partial charge in [0.05, 0.1) is 11.2 Å². The molecule has 1 heterocycles. The van der Waals surface area contributed by atoms with Crippen molar-refractivity contribution in [1.29, 1.82) is 0 Å². The lowest BCUT2D eigenvalue weighted by atomic mass is 10.2. The number of ether oxygens (including phenoxy) is 3. The topological polar surface area (TPSA) is 77.9 Å². The van der Waals surface area contributed by atoms with Crippen LogP contribution in [0.5, 0.6) is 17.2 Å². The number of fused-ring (bicyclic) bond motifs is 1. The lowest BCUT2D eigenvalue weighted by Gasteiger charge is -2.10. The van der Waals surface area contributed by atoms with Gasteiger partial charge in [0.15, 0.2) is 6.61 Å². The SMILES string of the molecule is O=C(O)COc1ccc(COc2ccc(OCc3ccc4ccccc4n3)cc2)cc1. The van der Waals surface area contributed by atoms with E-state index in [1.165, 1.54) is 0 Å². The molecule has 4 aromatic rings. The molecule has 6 heteroatoms. The fourth-order valence-corrected chi connectivity index (χ4v) is 2.97. The first-order chi connectivity index (χ1) is 15.2. The summed E-state index contributed by atoms with van der Waals surface area (Å²) in [7, 11) is 0. The van der Waals surface area contributed by atoms with Gasteiger partial charge in [-0.1, -0.05) is 36.4 Å². The maximum Gasteiger partial charge on any atom is 0.341 e. The van der Waals surface area contributed by atoms with Gasteiger partial charge in [-0.3, -0.25) is 0 Å². The minimum absolute atomic E-state index is 0.360. The molecule has 0 amide bonds. The molecule has 0 aliphatic heterocycles. The van der Waals surface area contributed by atoms with E-state index < -0.39 is 5.97 Å². The van der Waals surface area contributed by atoms with Crippen LogP contribution in [0.1, 0.15) is 11.3 Å². The molecule has 6 nitrogen and oxygen atoms in total. The van der Waals surface area contributed by atoms with E-state index in [1.54, 1.807) is 12.1 Å². The molecule has 0 unspecified atom stereocenters. The molecule has 0 radical (unpaired) electrons. The Labute approximate surface area is 179 Å². The van der Waals surface area contributed by atoms with Gasteiger partial charge < -0.3 is 19.3 Å². The highest BCUT2D eigenvalue weighted by Crippen LogP contribution is 2.21. The molecule has 0 saturated carbocycles. The summed E-state index contributed by atoms with van der Waals surface area (Å²) in [5.41, 5.74) is 2.77. The molecule has 156 valence electrons. The number of para-hydroxylation sites is 1. The van der Waals surface area contributed by atoms with Crippen molar-refractivity contribution < 1.29 is 24.1 Å². The highest BCUT2D eigenvalue weighted by molar-refractivity contribution is 5.78. The number of pyridine rings is 1. The summed E-state index contributed by atoms with van der Waals surface area (Å²) in [6.45, 7) is 0.420. The summed E-state index contributed by atoms with van der Waals surface area (Å²) in [6, 6.07) is 26.6. The van der Waals surface area contributed by atoms with E-state index in [9.17, 15) is 4.79 Å². The monoisotopic (exact) mass is 415 g/mol. The number of aromatic nitrogens is 1. The van der Waals surface area contributed by atoms with Crippen LogP contribution in [0, 0.1) is 0 Å². The van der Waals surface area contributed by atoms with E-state index >= 15 is 0 Å². The fraction of sp³-hybridized carbons (Fsp3) is 0.120. The summed E-state index contributed by atoms with van der Waals surface area (Å²) in [5, 5.41) is 9.74. The Bertz CT molecular complexity index is 1160. The summed E-state index contributed by atoms with van der Waals surface area (Å²) >= 11 is 0. The quantitative estimate of drug-likeness (QED) is 0.421. The van der Waals surface area contributed by atoms with Crippen molar-refractivity contribution in [2.75, 3.05) is 6.61 Å². The molecule has 0 bridgehead atoms. The van der Waals surface area contributed by atoms with Gasteiger partial charge in [0.1, 0.15) is 30.5 Å². The number of carbonyl (C=O) groups is 1. The molecule has 0 aliphatic carbocycles. The van der Waals surface area contributed by atoms with Gasteiger partial charge in [0.2, 0.25) is 0 Å². The van der Waals surface area contributed by atoms with Crippen LogP contribution in [-0.4, -0.2) is 22.7 Å². The molecule has 3 aromatic carbocycles. The molecular weight excluding hydrogens is 394 g/mol. The fourth-order valence-electron chi connectivity index (χ4n) is 2.97. The minimum Gasteiger partial charge on any atom is -0.489 e. The summed E-state index contributed by atoms with van der Waals surface area (Å²) < 4.78 is 16.7. The first-order valence-corrected chi connectivity index (χ1v) is 9.79. The third-order valence-electron chi connectivity index (χ3n) is 4.56. The molecule has 31 heavy (non-hydrogen) atoms. The Morgan fingerprint density at radius 3 is 2.03 bits per heavy atom. The third kappa shape index (κ3) is 5.73. The molecule has 1 N–H and O–H groups in total. The number of aliphatic carboxylic acids is 1. The molecule has 0 fully saturated rings. The molecule has 0 aliphatic rings. The van der Waals surface area contributed by atoms with E-state index in [0.717, 1.165) is 33.7 Å². The van der Waals surface area contributed by atoms with Crippen molar-refractivity contribution >= 4 is 16.9 Å². The van der Waals surface area contributed by atoms with Crippen LogP contribution in [0.3, 0.4) is 0 Å². The minimum atomic E-state index is -1.01. The number of carboxylic acid groups (broad SMARTS) is 1. The number of nitrogens with zero attached hydrogens (tertiary/aromatic N) is 1. The number of carboxylic acids is 1. The largest absolute Gasteiger partial charge is 0.489 e. The Hall–Kier alpha value is -4.06. The molecular formula is C25H21NO5. The zero-order valence-corrected chi connectivity index (χ0v) is 16.7. The smallest absolute Gasteiger partial charge is 0.341 e. The normalized spacial score (nSPS) is 10.6. The van der Waals surface area contributed by atoms with E-state index in [0.29, 0.717) is 19.0 Å². The third-order valence-corrected chi connectivity index (χ3v) is 4.56. The van der Waals surface area contributed by atoms with Gasteiger partial charge in [0, 0.05) is 5.39 Å². The van der Waals surface area contributed by atoms with Gasteiger partial charge >= 0.3 is 5.97 Å². The lowest BCUT2D eigenvalue weighted by Crippen LogP contribution is -2.09. The summed E-state index contributed by atoms with van der Waals surface area (Å²) in [4.78, 5) is 15.1. The number of hydrogen-bond acceptors (Lipinski definition) is 5. The lowest BCUT2D eigenvalue weighted by molar-refractivity contribution is -0.139. The first kappa shape index (κ1) is 20.2. The molecule has 0 saturated heterocycles. The van der Waals surface area contributed by atoms with E-state index in [4.69, 9.17) is 19.3 Å². The molecule has 1 aromatic heterocycles. The average molecular weight is 415 g/mol. The van der Waals surface area contributed by atoms with Crippen molar-refractivity contribution in [2.45, 2.75) is 13.2 Å². The molecule has 4 rings (SSSR count). The standard InChI is InChI=1S/C25H21NO5/c27-25(28)17-31-21-9-5-18(6-10-21)15-29-22-11-13-23(14-12-22)30-16-20-8-7-19-3-1-2-4-24(19)26-20/h1-14H,15-17H2,(H,27,28). The van der Waals surface area contributed by atoms with E-state index in [1.807, 2.05) is 72.8 Å². The predicted octanol–water partition coefficient (Wildman–Crippen LogP) is 4.86. The van der Waals surface area contributed by atoms with Crippen molar-refractivity contribution in [1.82, 2.24) is 4.98 Å². The van der Waals surface area contributed by atoms with Crippen LogP contribution in [0.2, 0.25) is 0 Å². The summed E-state index contributed by atoms with van der Waals surface area (Å²) in [5.74, 6) is 0.964. The number of benzene rings is 3. The Morgan fingerprint density at radius 2 is 1.32 bits per heavy atom. The van der Waals surface area contributed by atoms with Crippen LogP contribution in [0.25, 0.3) is 10.9 Å². The van der Waals surface area contributed by atoms with E-state index in [2.05, 4.69) is 4.98 Å². The Balaban J connectivity index is 1.27. The van der Waals surface area contributed by atoms with Crippen molar-refractivity contribution in [3.05, 3.63) is 96.2 Å². The zero-order chi connectivity index (χ0) is 21.5. The second-order valence-corrected chi connectivity index (χ2v) is 6.87. The zero-order valence-electron chi connectivity index (χ0n) is 16.7. The van der Waals surface area contributed by atoms with Crippen LogP contribution < -0.4 is 14.2 Å². The van der Waals surface area contributed by atoms with Crippen LogP contribution in [-0.2, 0) is 18.0 Å². The maximum atomic E-state index is 10.5. The molecule has 0 spiro atoms. The van der Waals surface area contributed by atoms with Crippen molar-refractivity contribution in [2.24, 2.45) is 0 Å². The first-order valence-electron chi connectivity index (χ1n) is 9.79. The van der Waals surface area contributed by atoms with Crippen LogP contribution in [0.15, 0.2) is 84.9 Å². The van der Waals surface area contributed by atoms with E-state index in [-0.39, 0.29) is 6.61 Å². The molecule has 0 atom stereocenters. The van der Waals surface area contributed by atoms with Gasteiger partial charge in [-0.2, -0.15) is 0 Å². The van der Waals surface area contributed by atoms with Gasteiger partial charge in [-0.25, -0.2) is 9.78 Å². The second-order valence-electron chi connectivity index (χ2n) is 6.87. The second kappa shape index (κ2) is 9.63. The van der Waals surface area contributed by atoms with Gasteiger partial charge in [-0.05, 0) is 54.1 Å². The average Bonchev–Trinajstić information content (AvgIpc) is 2.81. The highest BCUT2D eigenvalue weighted by atomic mass is 16.5. The maximum absolute atomic E-state index is 10.5. The van der Waals surface area contributed by atoms with Gasteiger partial charge in [-0.15, -0.1) is 0 Å².